The van der Waals surface area contributed by atoms with Gasteiger partial charge in [0, 0.05) is 16.1 Å². The molecule has 4 heteroatoms. The highest BCUT2D eigenvalue weighted by Gasteiger charge is 2.12. The predicted molar refractivity (Wildman–Crippen MR) is 94.9 cm³/mol. The summed E-state index contributed by atoms with van der Waals surface area (Å²) in [5, 5.41) is 9.46. The van der Waals surface area contributed by atoms with E-state index < -0.39 is 0 Å². The fraction of sp³-hybridized carbons (Fsp3) is 0.412. The van der Waals surface area contributed by atoms with Gasteiger partial charge >= 0.3 is 0 Å². The highest BCUT2D eigenvalue weighted by atomic mass is 35.5. The summed E-state index contributed by atoms with van der Waals surface area (Å²) in [5.74, 6) is 0. The molecular weight excluding hydrogens is 321 g/mol. The summed E-state index contributed by atoms with van der Waals surface area (Å²) >= 11 is 14.0. The van der Waals surface area contributed by atoms with Crippen LogP contribution in [-0.4, -0.2) is 12.6 Å². The fourth-order valence-electron chi connectivity index (χ4n) is 2.35. The quantitative estimate of drug-likeness (QED) is 0.658. The van der Waals surface area contributed by atoms with Crippen LogP contribution in [0.2, 0.25) is 10.0 Å². The summed E-state index contributed by atoms with van der Waals surface area (Å²) in [6.45, 7) is 3.23. The van der Waals surface area contributed by atoms with Gasteiger partial charge in [0.1, 0.15) is 0 Å². The first-order valence-electron chi connectivity index (χ1n) is 7.37. The van der Waals surface area contributed by atoms with Crippen LogP contribution in [-0.2, 0) is 12.8 Å². The molecule has 0 aliphatic rings. The van der Waals surface area contributed by atoms with Crippen molar-refractivity contribution in [3.05, 3.63) is 56.2 Å². The van der Waals surface area contributed by atoms with E-state index in [1.54, 1.807) is 11.3 Å². The Bertz CT molecular complexity index is 540. The summed E-state index contributed by atoms with van der Waals surface area (Å²) < 4.78 is 0. The molecule has 1 aromatic carbocycles. The molecule has 0 radical (unpaired) electrons. The Balaban J connectivity index is 1.97. The average molecular weight is 342 g/mol. The third kappa shape index (κ3) is 5.63. The maximum absolute atomic E-state index is 6.30. The molecule has 114 valence electrons. The molecule has 0 aliphatic heterocycles. The van der Waals surface area contributed by atoms with Crippen molar-refractivity contribution in [1.82, 2.24) is 5.32 Å². The molecule has 21 heavy (non-hydrogen) atoms. The minimum absolute atomic E-state index is 0.448. The smallest absolute Gasteiger partial charge is 0.0453 e. The zero-order chi connectivity index (χ0) is 15.1. The Hall–Kier alpha value is -0.540. The van der Waals surface area contributed by atoms with Crippen LogP contribution < -0.4 is 5.32 Å². The van der Waals surface area contributed by atoms with E-state index in [9.17, 15) is 0 Å². The summed E-state index contributed by atoms with van der Waals surface area (Å²) in [6, 6.07) is 8.43. The van der Waals surface area contributed by atoms with Crippen LogP contribution in [0.1, 0.15) is 30.9 Å². The summed E-state index contributed by atoms with van der Waals surface area (Å²) in [7, 11) is 0. The van der Waals surface area contributed by atoms with E-state index in [2.05, 4.69) is 29.1 Å². The Morgan fingerprint density at radius 2 is 2.10 bits per heavy atom. The van der Waals surface area contributed by atoms with Gasteiger partial charge in [-0.1, -0.05) is 36.2 Å². The largest absolute Gasteiger partial charge is 0.314 e. The Morgan fingerprint density at radius 1 is 1.24 bits per heavy atom. The van der Waals surface area contributed by atoms with Crippen LogP contribution in [0, 0.1) is 0 Å². The molecule has 1 aromatic heterocycles. The molecule has 0 amide bonds. The number of benzene rings is 1. The first kappa shape index (κ1) is 16.8. The third-order valence-electron chi connectivity index (χ3n) is 3.53. The van der Waals surface area contributed by atoms with Gasteiger partial charge in [-0.3, -0.25) is 0 Å². The second kappa shape index (κ2) is 8.79. The van der Waals surface area contributed by atoms with Gasteiger partial charge in [-0.2, -0.15) is 11.3 Å². The Kier molecular flexibility index (Phi) is 7.05. The van der Waals surface area contributed by atoms with Crippen LogP contribution in [0.3, 0.4) is 0 Å². The van der Waals surface area contributed by atoms with Gasteiger partial charge in [0.2, 0.25) is 0 Å². The molecule has 0 aliphatic carbocycles. The second-order valence-electron chi connectivity index (χ2n) is 5.26. The molecule has 1 atom stereocenters. The lowest BCUT2D eigenvalue weighted by atomic mass is 10.00. The van der Waals surface area contributed by atoms with E-state index in [4.69, 9.17) is 23.2 Å². The molecular formula is C17H21Cl2NS. The summed E-state index contributed by atoms with van der Waals surface area (Å²) in [6.07, 6.45) is 4.31. The number of aryl methyl sites for hydroxylation is 1. The third-order valence-corrected chi connectivity index (χ3v) is 4.85. The van der Waals surface area contributed by atoms with Crippen molar-refractivity contribution in [2.45, 2.75) is 38.6 Å². The number of hydrogen-bond donors (Lipinski definition) is 1. The standard InChI is InChI=1S/C17H21Cl2NS/c1-2-8-20-16(6-3-13-7-9-21-12-13)10-14-4-5-15(18)11-17(14)19/h4-5,7,9,11-12,16,20H,2-3,6,8,10H2,1H3. The van der Waals surface area contributed by atoms with Gasteiger partial charge < -0.3 is 5.32 Å². The highest BCUT2D eigenvalue weighted by molar-refractivity contribution is 7.07. The summed E-state index contributed by atoms with van der Waals surface area (Å²) in [5.41, 5.74) is 2.59. The van der Waals surface area contributed by atoms with Crippen molar-refractivity contribution in [3.8, 4) is 0 Å². The van der Waals surface area contributed by atoms with Crippen molar-refractivity contribution in [1.29, 1.82) is 0 Å². The fourth-order valence-corrected chi connectivity index (χ4v) is 3.54. The molecule has 0 bridgehead atoms. The monoisotopic (exact) mass is 341 g/mol. The Morgan fingerprint density at radius 3 is 2.76 bits per heavy atom. The van der Waals surface area contributed by atoms with E-state index in [1.165, 1.54) is 11.1 Å². The van der Waals surface area contributed by atoms with Crippen molar-refractivity contribution in [2.24, 2.45) is 0 Å². The lowest BCUT2D eigenvalue weighted by Gasteiger charge is -2.19. The van der Waals surface area contributed by atoms with Gasteiger partial charge in [-0.25, -0.2) is 0 Å². The van der Waals surface area contributed by atoms with Crippen LogP contribution in [0.25, 0.3) is 0 Å². The van der Waals surface area contributed by atoms with Crippen molar-refractivity contribution in [3.63, 3.8) is 0 Å². The minimum Gasteiger partial charge on any atom is -0.314 e. The van der Waals surface area contributed by atoms with Crippen LogP contribution in [0.15, 0.2) is 35.0 Å². The normalized spacial score (nSPS) is 12.5. The maximum Gasteiger partial charge on any atom is 0.0453 e. The van der Waals surface area contributed by atoms with Gasteiger partial charge in [0.05, 0.1) is 0 Å². The zero-order valence-electron chi connectivity index (χ0n) is 12.2. The molecule has 1 N–H and O–H groups in total. The van der Waals surface area contributed by atoms with Crippen LogP contribution in [0.5, 0.6) is 0 Å². The average Bonchev–Trinajstić information content (AvgIpc) is 2.97. The molecule has 1 unspecified atom stereocenters. The number of rotatable bonds is 8. The Labute approximate surface area is 141 Å². The SMILES string of the molecule is CCCNC(CCc1ccsc1)Cc1ccc(Cl)cc1Cl. The molecule has 2 rings (SSSR count). The van der Waals surface area contributed by atoms with Crippen LogP contribution in [0.4, 0.5) is 0 Å². The van der Waals surface area contributed by atoms with Gasteiger partial charge in [0.15, 0.2) is 0 Å². The second-order valence-corrected chi connectivity index (χ2v) is 6.88. The van der Waals surface area contributed by atoms with Crippen molar-refractivity contribution in [2.75, 3.05) is 6.54 Å². The zero-order valence-corrected chi connectivity index (χ0v) is 14.6. The van der Waals surface area contributed by atoms with Gasteiger partial charge in [-0.15, -0.1) is 0 Å². The molecule has 0 saturated heterocycles. The minimum atomic E-state index is 0.448. The van der Waals surface area contributed by atoms with E-state index >= 15 is 0 Å². The van der Waals surface area contributed by atoms with Gasteiger partial charge in [-0.05, 0) is 72.3 Å². The lowest BCUT2D eigenvalue weighted by Crippen LogP contribution is -2.32. The molecule has 0 saturated carbocycles. The van der Waals surface area contributed by atoms with Gasteiger partial charge in [0.25, 0.3) is 0 Å². The first-order chi connectivity index (χ1) is 10.2. The number of nitrogens with one attached hydrogen (secondary N) is 1. The molecule has 2 aromatic rings. The van der Waals surface area contributed by atoms with E-state index in [-0.39, 0.29) is 0 Å². The molecule has 0 spiro atoms. The topological polar surface area (TPSA) is 12.0 Å². The maximum atomic E-state index is 6.30. The van der Waals surface area contributed by atoms with Crippen molar-refractivity contribution < 1.29 is 0 Å². The van der Waals surface area contributed by atoms with E-state index in [0.29, 0.717) is 11.1 Å². The molecule has 1 nitrogen and oxygen atoms in total. The van der Waals surface area contributed by atoms with E-state index in [1.807, 2.05) is 18.2 Å². The number of halogens is 2. The number of hydrogen-bond acceptors (Lipinski definition) is 2. The first-order valence-corrected chi connectivity index (χ1v) is 9.07. The lowest BCUT2D eigenvalue weighted by molar-refractivity contribution is 0.478. The van der Waals surface area contributed by atoms with E-state index in [0.717, 1.165) is 37.3 Å². The summed E-state index contributed by atoms with van der Waals surface area (Å²) in [4.78, 5) is 0. The highest BCUT2D eigenvalue weighted by Crippen LogP contribution is 2.23. The predicted octanol–water partition coefficient (Wildman–Crippen LogP) is 5.60. The number of thiophene rings is 1. The molecule has 1 heterocycles. The van der Waals surface area contributed by atoms with Crippen LogP contribution >= 0.6 is 34.5 Å². The molecule has 0 fully saturated rings. The van der Waals surface area contributed by atoms with Crippen molar-refractivity contribution >= 4 is 34.5 Å².